The Morgan fingerprint density at radius 1 is 1.73 bits per heavy atom. The fourth-order valence-electron chi connectivity index (χ4n) is 1.43. The highest BCUT2D eigenvalue weighted by atomic mass is 16.3. The summed E-state index contributed by atoms with van der Waals surface area (Å²) in [4.78, 5) is 2.00. The van der Waals surface area contributed by atoms with Gasteiger partial charge in [0, 0.05) is 26.8 Å². The van der Waals surface area contributed by atoms with Crippen LogP contribution in [0.15, 0.2) is 25.0 Å². The lowest BCUT2D eigenvalue weighted by Crippen LogP contribution is -2.28. The van der Waals surface area contributed by atoms with Gasteiger partial charge in [0.25, 0.3) is 0 Å². The van der Waals surface area contributed by atoms with Gasteiger partial charge in [-0.25, -0.2) is 0 Å². The molecule has 0 saturated heterocycles. The van der Waals surface area contributed by atoms with E-state index in [9.17, 15) is 5.11 Å². The van der Waals surface area contributed by atoms with E-state index in [1.807, 2.05) is 31.3 Å². The third-order valence-electron chi connectivity index (χ3n) is 2.32. The Morgan fingerprint density at radius 2 is 2.47 bits per heavy atom. The summed E-state index contributed by atoms with van der Waals surface area (Å²) in [5.41, 5.74) is 1.02. The van der Waals surface area contributed by atoms with Crippen LogP contribution in [0.4, 0.5) is 5.69 Å². The minimum Gasteiger partial charge on any atom is -0.391 e. The highest BCUT2D eigenvalue weighted by Crippen LogP contribution is 2.11. The van der Waals surface area contributed by atoms with E-state index in [1.54, 1.807) is 10.9 Å². The number of allylic oxidation sites excluding steroid dienone is 1. The van der Waals surface area contributed by atoms with Crippen molar-refractivity contribution in [1.29, 1.82) is 0 Å². The molecule has 0 saturated carbocycles. The largest absolute Gasteiger partial charge is 0.391 e. The Morgan fingerprint density at radius 3 is 3.00 bits per heavy atom. The average molecular weight is 209 g/mol. The summed E-state index contributed by atoms with van der Waals surface area (Å²) in [5.74, 6) is 0. The van der Waals surface area contributed by atoms with Gasteiger partial charge in [-0.1, -0.05) is 6.08 Å². The molecule has 0 fully saturated rings. The molecular weight excluding hydrogens is 190 g/mol. The molecule has 4 nitrogen and oxygen atoms in total. The zero-order valence-corrected chi connectivity index (χ0v) is 9.43. The molecule has 0 aliphatic heterocycles. The second-order valence-electron chi connectivity index (χ2n) is 3.77. The molecule has 15 heavy (non-hydrogen) atoms. The monoisotopic (exact) mass is 209 g/mol. The number of likely N-dealkylation sites (N-methyl/N-ethyl adjacent to an activating group) is 1. The maximum Gasteiger partial charge on any atom is 0.0750 e. The van der Waals surface area contributed by atoms with Crippen molar-refractivity contribution in [3.05, 3.63) is 25.0 Å². The molecule has 1 heterocycles. The smallest absolute Gasteiger partial charge is 0.0750 e. The minimum atomic E-state index is -0.312. The third-order valence-corrected chi connectivity index (χ3v) is 2.32. The molecule has 0 spiro atoms. The predicted octanol–water partition coefficient (Wildman–Crippen LogP) is 1.18. The van der Waals surface area contributed by atoms with Crippen LogP contribution < -0.4 is 4.90 Å². The molecular formula is C11H19N3O. The lowest BCUT2D eigenvalue weighted by Gasteiger charge is -2.20. The Bertz CT molecular complexity index is 309. The number of rotatable bonds is 6. The zero-order chi connectivity index (χ0) is 11.3. The maximum atomic E-state index is 9.70. The molecule has 0 unspecified atom stereocenters. The van der Waals surface area contributed by atoms with Crippen LogP contribution in [-0.2, 0) is 7.05 Å². The van der Waals surface area contributed by atoms with Crippen LogP contribution in [0, 0.1) is 0 Å². The van der Waals surface area contributed by atoms with Gasteiger partial charge < -0.3 is 10.0 Å². The standard InChI is InChI=1S/C11H19N3O/c1-4-5-6-11(15)9-13(2)10-7-12-14(3)8-10/h4,7-8,11,15H,1,5-6,9H2,2-3H3/t11-/m0/s1. The minimum absolute atomic E-state index is 0.312. The van der Waals surface area contributed by atoms with Gasteiger partial charge in [-0.2, -0.15) is 5.10 Å². The molecule has 1 aromatic rings. The molecule has 84 valence electrons. The molecule has 4 heteroatoms. The van der Waals surface area contributed by atoms with Crippen LogP contribution in [0.25, 0.3) is 0 Å². The van der Waals surface area contributed by atoms with Crippen molar-refractivity contribution >= 4 is 5.69 Å². The van der Waals surface area contributed by atoms with E-state index in [2.05, 4.69) is 11.7 Å². The van der Waals surface area contributed by atoms with Crippen LogP contribution in [-0.4, -0.2) is 34.6 Å². The lowest BCUT2D eigenvalue weighted by molar-refractivity contribution is 0.172. The van der Waals surface area contributed by atoms with Crippen molar-refractivity contribution in [2.45, 2.75) is 18.9 Å². The maximum absolute atomic E-state index is 9.70. The lowest BCUT2D eigenvalue weighted by atomic mass is 10.2. The Balaban J connectivity index is 2.41. The van der Waals surface area contributed by atoms with Gasteiger partial charge in [0.15, 0.2) is 0 Å². The van der Waals surface area contributed by atoms with Crippen molar-refractivity contribution in [2.75, 3.05) is 18.5 Å². The number of hydrogen-bond donors (Lipinski definition) is 1. The molecule has 1 atom stereocenters. The number of aliphatic hydroxyl groups is 1. The summed E-state index contributed by atoms with van der Waals surface area (Å²) in [5, 5.41) is 13.8. The van der Waals surface area contributed by atoms with Crippen LogP contribution in [0.3, 0.4) is 0 Å². The summed E-state index contributed by atoms with van der Waals surface area (Å²) < 4.78 is 1.75. The fourth-order valence-corrected chi connectivity index (χ4v) is 1.43. The first kappa shape index (κ1) is 11.8. The molecule has 0 aliphatic carbocycles. The van der Waals surface area contributed by atoms with Gasteiger partial charge in [-0.15, -0.1) is 6.58 Å². The molecule has 1 rings (SSSR count). The molecule has 1 aromatic heterocycles. The average Bonchev–Trinajstić information content (AvgIpc) is 2.61. The molecule has 0 amide bonds. The van der Waals surface area contributed by atoms with E-state index in [1.165, 1.54) is 0 Å². The summed E-state index contributed by atoms with van der Waals surface area (Å²) in [6.07, 6.45) is 6.84. The highest BCUT2D eigenvalue weighted by molar-refractivity contribution is 5.41. The van der Waals surface area contributed by atoms with Crippen LogP contribution in [0.5, 0.6) is 0 Å². The highest BCUT2D eigenvalue weighted by Gasteiger charge is 2.09. The number of aliphatic hydroxyl groups excluding tert-OH is 1. The van der Waals surface area contributed by atoms with Crippen molar-refractivity contribution in [3.63, 3.8) is 0 Å². The van der Waals surface area contributed by atoms with Crippen LogP contribution >= 0.6 is 0 Å². The second-order valence-corrected chi connectivity index (χ2v) is 3.77. The summed E-state index contributed by atoms with van der Waals surface area (Å²) in [6.45, 7) is 4.26. The van der Waals surface area contributed by atoms with Gasteiger partial charge in [-0.3, -0.25) is 4.68 Å². The quantitative estimate of drug-likeness (QED) is 0.715. The fraction of sp³-hybridized carbons (Fsp3) is 0.545. The Kier molecular flexibility index (Phi) is 4.37. The number of nitrogens with zero attached hydrogens (tertiary/aromatic N) is 3. The van der Waals surface area contributed by atoms with Gasteiger partial charge >= 0.3 is 0 Å². The topological polar surface area (TPSA) is 41.3 Å². The summed E-state index contributed by atoms with van der Waals surface area (Å²) >= 11 is 0. The molecule has 0 radical (unpaired) electrons. The van der Waals surface area contributed by atoms with E-state index in [-0.39, 0.29) is 6.10 Å². The number of hydrogen-bond acceptors (Lipinski definition) is 3. The first-order chi connectivity index (χ1) is 7.13. The van der Waals surface area contributed by atoms with E-state index in [4.69, 9.17) is 0 Å². The SMILES string of the molecule is C=CCC[C@H](O)CN(C)c1cnn(C)c1. The Labute approximate surface area is 90.8 Å². The zero-order valence-electron chi connectivity index (χ0n) is 9.43. The van der Waals surface area contributed by atoms with Gasteiger partial charge in [-0.05, 0) is 12.8 Å². The van der Waals surface area contributed by atoms with E-state index < -0.39 is 0 Å². The van der Waals surface area contributed by atoms with Crippen LogP contribution in [0.1, 0.15) is 12.8 Å². The third kappa shape index (κ3) is 3.75. The number of aryl methyl sites for hydroxylation is 1. The van der Waals surface area contributed by atoms with Gasteiger partial charge in [0.2, 0.25) is 0 Å². The van der Waals surface area contributed by atoms with Crippen molar-refractivity contribution < 1.29 is 5.11 Å². The van der Waals surface area contributed by atoms with Crippen LogP contribution in [0.2, 0.25) is 0 Å². The first-order valence-electron chi connectivity index (χ1n) is 5.12. The van der Waals surface area contributed by atoms with E-state index in [0.717, 1.165) is 18.5 Å². The normalized spacial score (nSPS) is 12.5. The first-order valence-corrected chi connectivity index (χ1v) is 5.12. The number of anilines is 1. The summed E-state index contributed by atoms with van der Waals surface area (Å²) in [7, 11) is 3.83. The molecule has 0 aliphatic rings. The molecule has 0 aromatic carbocycles. The van der Waals surface area contributed by atoms with Crippen molar-refractivity contribution in [1.82, 2.24) is 9.78 Å². The van der Waals surface area contributed by atoms with E-state index in [0.29, 0.717) is 6.54 Å². The Hall–Kier alpha value is -1.29. The van der Waals surface area contributed by atoms with Crippen molar-refractivity contribution in [3.8, 4) is 0 Å². The molecule has 0 bridgehead atoms. The van der Waals surface area contributed by atoms with Gasteiger partial charge in [0.05, 0.1) is 18.0 Å². The van der Waals surface area contributed by atoms with Crippen molar-refractivity contribution in [2.24, 2.45) is 7.05 Å². The van der Waals surface area contributed by atoms with E-state index >= 15 is 0 Å². The van der Waals surface area contributed by atoms with Gasteiger partial charge in [0.1, 0.15) is 0 Å². The number of aromatic nitrogens is 2. The molecule has 1 N–H and O–H groups in total. The summed E-state index contributed by atoms with van der Waals surface area (Å²) in [6, 6.07) is 0. The second kappa shape index (κ2) is 5.56. The predicted molar refractivity (Wildman–Crippen MR) is 61.9 cm³/mol.